The first-order valence-corrected chi connectivity index (χ1v) is 9.78. The highest BCUT2D eigenvalue weighted by Crippen LogP contribution is 2.37. The topological polar surface area (TPSA) is 91.0 Å². The number of carbonyl (C=O) groups excluding carboxylic acids is 2. The van der Waals surface area contributed by atoms with Gasteiger partial charge in [-0.1, -0.05) is 18.2 Å². The quantitative estimate of drug-likeness (QED) is 0.633. The minimum atomic E-state index is -1.13. The van der Waals surface area contributed by atoms with E-state index in [0.717, 1.165) is 17.0 Å². The SMILES string of the molecule is O=C1c2ccccc2C(=O)N1C(c1cc(F)c(C2=CCNCC2)c(F)c1)c1cn[nH]n1. The minimum absolute atomic E-state index is 0.0912. The fraction of sp³-hybridized carbons (Fsp3) is 0.182. The lowest BCUT2D eigenvalue weighted by Gasteiger charge is -2.25. The van der Waals surface area contributed by atoms with Crippen molar-refractivity contribution in [2.24, 2.45) is 0 Å². The molecule has 0 radical (unpaired) electrons. The molecule has 1 atom stereocenters. The Morgan fingerprint density at radius 2 is 1.71 bits per heavy atom. The van der Waals surface area contributed by atoms with E-state index in [0.29, 0.717) is 25.1 Å². The molecule has 3 heterocycles. The molecule has 5 rings (SSSR count). The van der Waals surface area contributed by atoms with Crippen LogP contribution in [-0.4, -0.2) is 45.2 Å². The second-order valence-corrected chi connectivity index (χ2v) is 7.37. The fourth-order valence-corrected chi connectivity index (χ4v) is 4.14. The average Bonchev–Trinajstić information content (AvgIpc) is 3.38. The van der Waals surface area contributed by atoms with Crippen molar-refractivity contribution in [3.63, 3.8) is 0 Å². The summed E-state index contributed by atoms with van der Waals surface area (Å²) >= 11 is 0. The van der Waals surface area contributed by atoms with Crippen LogP contribution in [0, 0.1) is 11.6 Å². The fourth-order valence-electron chi connectivity index (χ4n) is 4.14. The van der Waals surface area contributed by atoms with Gasteiger partial charge in [-0.3, -0.25) is 14.5 Å². The third-order valence-corrected chi connectivity index (χ3v) is 5.56. The van der Waals surface area contributed by atoms with Gasteiger partial charge in [0.1, 0.15) is 23.4 Å². The lowest BCUT2D eigenvalue weighted by molar-refractivity contribution is 0.0605. The number of carbonyl (C=O) groups is 2. The van der Waals surface area contributed by atoms with Crippen LogP contribution in [0.2, 0.25) is 0 Å². The largest absolute Gasteiger partial charge is 0.313 e. The maximum Gasteiger partial charge on any atom is 0.262 e. The smallest absolute Gasteiger partial charge is 0.262 e. The number of rotatable bonds is 4. The van der Waals surface area contributed by atoms with Crippen LogP contribution in [0.25, 0.3) is 5.57 Å². The van der Waals surface area contributed by atoms with Crippen molar-refractivity contribution in [1.82, 2.24) is 25.6 Å². The van der Waals surface area contributed by atoms with Crippen LogP contribution in [0.15, 0.2) is 48.7 Å². The molecule has 2 amide bonds. The Morgan fingerprint density at radius 1 is 1.03 bits per heavy atom. The van der Waals surface area contributed by atoms with Crippen molar-refractivity contribution in [1.29, 1.82) is 0 Å². The zero-order chi connectivity index (χ0) is 21.5. The number of H-pyrrole nitrogens is 1. The molecule has 31 heavy (non-hydrogen) atoms. The lowest BCUT2D eigenvalue weighted by atomic mass is 9.94. The normalized spacial score (nSPS) is 17.0. The number of hydrogen-bond donors (Lipinski definition) is 2. The van der Waals surface area contributed by atoms with Crippen LogP contribution in [0.4, 0.5) is 8.78 Å². The van der Waals surface area contributed by atoms with Crippen LogP contribution in [0.5, 0.6) is 0 Å². The number of benzene rings is 2. The summed E-state index contributed by atoms with van der Waals surface area (Å²) in [6, 6.07) is 7.58. The maximum absolute atomic E-state index is 15.1. The molecule has 2 N–H and O–H groups in total. The Labute approximate surface area is 175 Å². The molecule has 3 aromatic rings. The number of amides is 2. The van der Waals surface area contributed by atoms with Crippen LogP contribution in [0.1, 0.15) is 50.0 Å². The van der Waals surface area contributed by atoms with Gasteiger partial charge in [0, 0.05) is 12.1 Å². The summed E-state index contributed by atoms with van der Waals surface area (Å²) in [5.41, 5.74) is 1.25. The highest BCUT2D eigenvalue weighted by molar-refractivity contribution is 6.21. The molecule has 2 aliphatic heterocycles. The van der Waals surface area contributed by atoms with Crippen LogP contribution < -0.4 is 5.32 Å². The third-order valence-electron chi connectivity index (χ3n) is 5.56. The number of halogens is 2. The van der Waals surface area contributed by atoms with Gasteiger partial charge in [0.05, 0.1) is 17.3 Å². The van der Waals surface area contributed by atoms with Gasteiger partial charge in [0.15, 0.2) is 0 Å². The molecule has 1 unspecified atom stereocenters. The monoisotopic (exact) mass is 421 g/mol. The van der Waals surface area contributed by atoms with Crippen molar-refractivity contribution < 1.29 is 18.4 Å². The Kier molecular flexibility index (Phi) is 4.67. The second-order valence-electron chi connectivity index (χ2n) is 7.37. The molecule has 7 nitrogen and oxygen atoms in total. The van der Waals surface area contributed by atoms with Crippen molar-refractivity contribution in [2.75, 3.05) is 13.1 Å². The summed E-state index contributed by atoms with van der Waals surface area (Å²) in [6.07, 6.45) is 3.58. The highest BCUT2D eigenvalue weighted by Gasteiger charge is 2.42. The van der Waals surface area contributed by atoms with Crippen molar-refractivity contribution >= 4 is 17.4 Å². The third kappa shape index (κ3) is 3.14. The summed E-state index contributed by atoms with van der Waals surface area (Å²) in [6.45, 7) is 1.16. The van der Waals surface area contributed by atoms with Crippen molar-refractivity contribution in [3.8, 4) is 0 Å². The average molecular weight is 421 g/mol. The zero-order valence-corrected chi connectivity index (χ0v) is 16.2. The van der Waals surface area contributed by atoms with Crippen molar-refractivity contribution in [3.05, 3.63) is 88.3 Å². The molecular formula is C22H17F2N5O2. The van der Waals surface area contributed by atoms with Crippen LogP contribution in [0.3, 0.4) is 0 Å². The molecular weight excluding hydrogens is 404 g/mol. The van der Waals surface area contributed by atoms with Gasteiger partial charge in [0.2, 0.25) is 0 Å². The van der Waals surface area contributed by atoms with E-state index in [9.17, 15) is 9.59 Å². The van der Waals surface area contributed by atoms with Gasteiger partial charge < -0.3 is 5.32 Å². The van der Waals surface area contributed by atoms with Gasteiger partial charge in [-0.05, 0) is 48.4 Å². The Hall–Kier alpha value is -3.72. The Balaban J connectivity index is 1.63. The van der Waals surface area contributed by atoms with Crippen molar-refractivity contribution in [2.45, 2.75) is 12.5 Å². The van der Waals surface area contributed by atoms with E-state index >= 15 is 8.78 Å². The summed E-state index contributed by atoms with van der Waals surface area (Å²) < 4.78 is 30.2. The van der Waals surface area contributed by atoms with Gasteiger partial charge in [0.25, 0.3) is 11.8 Å². The molecule has 0 saturated heterocycles. The molecule has 2 aromatic carbocycles. The summed E-state index contributed by atoms with van der Waals surface area (Å²) in [5.74, 6) is -2.62. The standard InChI is InChI=1S/C22H17F2N5O2/c23-16-9-13(10-17(24)19(16)12-5-7-25-8-6-12)20(18-11-26-28-27-18)29-21(30)14-3-1-2-4-15(14)22(29)31/h1-5,9-11,20,25H,6-8H2,(H,26,27,28). The van der Waals surface area contributed by atoms with Gasteiger partial charge in [-0.25, -0.2) is 8.78 Å². The number of nitrogens with zero attached hydrogens (tertiary/aromatic N) is 3. The Morgan fingerprint density at radius 3 is 2.26 bits per heavy atom. The summed E-state index contributed by atoms with van der Waals surface area (Å²) in [4.78, 5) is 27.1. The molecule has 1 aromatic heterocycles. The molecule has 0 bridgehead atoms. The first-order chi connectivity index (χ1) is 15.1. The molecule has 0 aliphatic carbocycles. The van der Waals surface area contributed by atoms with E-state index in [1.54, 1.807) is 30.3 Å². The van der Waals surface area contributed by atoms with E-state index in [2.05, 4.69) is 20.7 Å². The van der Waals surface area contributed by atoms with Gasteiger partial charge in [-0.15, -0.1) is 0 Å². The number of nitrogens with one attached hydrogen (secondary N) is 2. The van der Waals surface area contributed by atoms with E-state index in [-0.39, 0.29) is 27.9 Å². The Bertz CT molecular complexity index is 1160. The first-order valence-electron chi connectivity index (χ1n) is 9.78. The number of imide groups is 1. The lowest BCUT2D eigenvalue weighted by Crippen LogP contribution is -2.35. The van der Waals surface area contributed by atoms with E-state index in [1.807, 2.05) is 0 Å². The molecule has 0 spiro atoms. The summed E-state index contributed by atoms with van der Waals surface area (Å²) in [7, 11) is 0. The van der Waals surface area contributed by atoms with E-state index in [1.165, 1.54) is 6.20 Å². The number of aromatic amines is 1. The van der Waals surface area contributed by atoms with Gasteiger partial charge >= 0.3 is 0 Å². The molecule has 156 valence electrons. The molecule has 9 heteroatoms. The molecule has 2 aliphatic rings. The predicted molar refractivity (Wildman–Crippen MR) is 107 cm³/mol. The van der Waals surface area contributed by atoms with Gasteiger partial charge in [-0.2, -0.15) is 15.4 Å². The first kappa shape index (κ1) is 19.3. The van der Waals surface area contributed by atoms with Crippen LogP contribution >= 0.6 is 0 Å². The zero-order valence-electron chi connectivity index (χ0n) is 16.2. The number of hydrogen-bond acceptors (Lipinski definition) is 5. The summed E-state index contributed by atoms with van der Waals surface area (Å²) in [5, 5.41) is 13.3. The molecule has 0 fully saturated rings. The van der Waals surface area contributed by atoms with Crippen LogP contribution in [-0.2, 0) is 0 Å². The maximum atomic E-state index is 15.1. The number of aromatic nitrogens is 3. The van der Waals surface area contributed by atoms with E-state index in [4.69, 9.17) is 0 Å². The second kappa shape index (κ2) is 7.51. The number of fused-ring (bicyclic) bond motifs is 1. The van der Waals surface area contributed by atoms with E-state index < -0.39 is 29.5 Å². The molecule has 0 saturated carbocycles. The minimum Gasteiger partial charge on any atom is -0.313 e. The predicted octanol–water partition coefficient (Wildman–Crippen LogP) is 2.85. The highest BCUT2D eigenvalue weighted by atomic mass is 19.1.